The van der Waals surface area contributed by atoms with Crippen LogP contribution in [0.2, 0.25) is 0 Å². The smallest absolute Gasteiger partial charge is 2.00 e. The summed E-state index contributed by atoms with van der Waals surface area (Å²) in [5.41, 5.74) is 5.49. The number of hydrogen-bond donors (Lipinski definition) is 0. The fraction of sp³-hybridized carbons (Fsp3) is 0. The largest absolute Gasteiger partial charge is 3.00 e. The van der Waals surface area contributed by atoms with E-state index in [-0.39, 0.29) is 247 Å². The third-order valence-corrected chi connectivity index (χ3v) is 4.78. The van der Waals surface area contributed by atoms with Crippen molar-refractivity contribution in [1.29, 1.82) is 0 Å². The molecule has 6 heterocycles. The summed E-state index contributed by atoms with van der Waals surface area (Å²) < 4.78 is 0. The summed E-state index contributed by atoms with van der Waals surface area (Å²) in [5, 5.41) is 0. The molecule has 0 aliphatic rings. The second-order valence-electron chi connectivity index (χ2n) is 7.29. The van der Waals surface area contributed by atoms with Gasteiger partial charge in [-0.25, -0.2) is 0 Å². The summed E-state index contributed by atoms with van der Waals surface area (Å²) in [7, 11) is 0. The number of nitrogens with zero attached hydrogens (tertiary/aromatic N) is 6. The van der Waals surface area contributed by atoms with Gasteiger partial charge in [-0.05, 0) is 72.8 Å². The zero-order chi connectivity index (χ0) is 24.7. The Balaban J connectivity index is -0.0000000145. The summed E-state index contributed by atoms with van der Waals surface area (Å²) in [5.74, 6) is 0. The third kappa shape index (κ3) is 56.8. The van der Waals surface area contributed by atoms with Crippen molar-refractivity contribution in [3.8, 4) is 34.2 Å². The van der Waals surface area contributed by atoms with Crippen LogP contribution < -0.4 is 0 Å². The number of rotatable bonds is 3. The fourth-order valence-corrected chi connectivity index (χ4v) is 3.09. The Labute approximate surface area is 453 Å². The Kier molecular flexibility index (Phi) is 232. The molecule has 25 nitrogen and oxygen atoms in total. The van der Waals surface area contributed by atoms with Gasteiger partial charge in [-0.1, -0.05) is 36.4 Å². The van der Waals surface area contributed by atoms with Crippen molar-refractivity contribution in [2.45, 2.75) is 0 Å². The van der Waals surface area contributed by atoms with Gasteiger partial charge in [0.2, 0.25) is 0 Å². The van der Waals surface area contributed by atoms with Crippen LogP contribution in [0, 0.1) is 0 Å². The third-order valence-electron chi connectivity index (χ3n) is 4.78. The van der Waals surface area contributed by atoms with Crippen LogP contribution in [0.4, 0.5) is 0 Å². The molecule has 0 saturated carbocycles. The monoisotopic (exact) mass is 1420 g/mol. The van der Waals surface area contributed by atoms with Crippen LogP contribution in [-0.2, 0) is 247 Å². The van der Waals surface area contributed by atoms with Gasteiger partial charge in [-0.3, -0.25) is 29.9 Å². The van der Waals surface area contributed by atoms with E-state index >= 15 is 0 Å². The van der Waals surface area contributed by atoms with E-state index in [0.717, 1.165) is 34.2 Å². The molecular weight excluding hydrogens is 1380 g/mol. The maximum atomic E-state index is 4.19. The Morgan fingerprint density at radius 1 is 0.177 bits per heavy atom. The topological polar surface area (TPSA) is 619 Å². The number of pyridine rings is 6. The van der Waals surface area contributed by atoms with E-state index in [1.54, 1.807) is 37.2 Å². The first-order valence-corrected chi connectivity index (χ1v) is 11.4. The van der Waals surface area contributed by atoms with Crippen LogP contribution in [-0.4, -0.2) is 29.9 Å². The van der Waals surface area contributed by atoms with Crippen LogP contribution in [0.1, 0.15) is 0 Å². The summed E-state index contributed by atoms with van der Waals surface area (Å²) in [6, 6.07) is 34.8. The van der Waals surface area contributed by atoms with Crippen molar-refractivity contribution < 1.29 is 247 Å². The minimum absolute atomic E-state index is 0. The fourth-order valence-electron chi connectivity index (χ4n) is 3.09. The molecule has 6 aromatic rings. The van der Waals surface area contributed by atoms with Gasteiger partial charge in [-0.2, -0.15) is 0 Å². The molecule has 6 aromatic heterocycles. The molecule has 32 heteroatoms. The Morgan fingerprint density at radius 3 is 0.339 bits per heavy atom. The molecular formula is C30H24Mo6N6NiO19-35. The van der Waals surface area contributed by atoms with E-state index in [9.17, 15) is 0 Å². The molecule has 0 unspecified atom stereocenters. The van der Waals surface area contributed by atoms with Crippen LogP contribution in [0.15, 0.2) is 146 Å². The van der Waals surface area contributed by atoms with Gasteiger partial charge >= 0.3 is 16.5 Å². The van der Waals surface area contributed by atoms with Gasteiger partial charge in [0.25, 0.3) is 0 Å². The maximum Gasteiger partial charge on any atom is 3.00 e. The van der Waals surface area contributed by atoms with E-state index in [4.69, 9.17) is 0 Å². The van der Waals surface area contributed by atoms with Gasteiger partial charge in [0.1, 0.15) is 0 Å². The average Bonchev–Trinajstić information content (AvgIpc) is 3.01. The van der Waals surface area contributed by atoms with Gasteiger partial charge in [0.05, 0.1) is 34.2 Å². The summed E-state index contributed by atoms with van der Waals surface area (Å²) >= 11 is 0. The van der Waals surface area contributed by atoms with Gasteiger partial charge in [-0.15, -0.1) is 0 Å². The minimum atomic E-state index is 0. The quantitative estimate of drug-likeness (QED) is 0.234. The molecule has 1 radical (unpaired) electrons. The molecule has 0 bridgehead atoms. The standard InChI is InChI=1S/3C10H8N2.6Mo.Ni.19O/c3*1-3-7-11-9(5-1)10-6-2-4-8-12-10;;;;;;;;;;;;;;;;;;;;;;;;;;/h3*1-8H;;;;;;;;;;;;;;;;;;;;;;;;;;/q;;;;;;;;;+3;19*-2. The number of aromatic nitrogens is 6. The van der Waals surface area contributed by atoms with Crippen molar-refractivity contribution in [1.82, 2.24) is 29.9 Å². The molecule has 0 saturated heterocycles. The average molecular weight is 1410 g/mol. The van der Waals surface area contributed by atoms with Crippen LogP contribution >= 0.6 is 0 Å². The molecule has 0 aliphatic carbocycles. The molecule has 0 N–H and O–H groups in total. The summed E-state index contributed by atoms with van der Waals surface area (Å²) in [6.07, 6.45) is 10.6. The first-order valence-electron chi connectivity index (χ1n) is 11.4. The van der Waals surface area contributed by atoms with Crippen molar-refractivity contribution in [2.24, 2.45) is 0 Å². The van der Waals surface area contributed by atoms with E-state index < -0.39 is 0 Å². The van der Waals surface area contributed by atoms with Gasteiger partial charge < -0.3 is 104 Å². The Bertz CT molecular complexity index is 1180. The van der Waals surface area contributed by atoms with Crippen molar-refractivity contribution in [3.63, 3.8) is 0 Å². The van der Waals surface area contributed by atoms with Crippen LogP contribution in [0.25, 0.3) is 34.2 Å². The molecule has 62 heavy (non-hydrogen) atoms. The molecule has 0 aromatic carbocycles. The van der Waals surface area contributed by atoms with E-state index in [0.29, 0.717) is 0 Å². The molecule has 0 aliphatic heterocycles. The second-order valence-corrected chi connectivity index (χ2v) is 7.29. The Hall–Kier alpha value is -1.24. The van der Waals surface area contributed by atoms with Crippen molar-refractivity contribution in [3.05, 3.63) is 146 Å². The first-order chi connectivity index (χ1) is 17.9. The molecule has 0 amide bonds. The predicted octanol–water partition coefficient (Wildman–Crippen LogP) is 4.16. The SMILES string of the molecule is [Mo].[Mo].[Mo].[Mo].[Mo].[Mo].[Ni+3].[O-2].[O-2].[O-2].[O-2].[O-2].[O-2].[O-2].[O-2].[O-2].[O-2].[O-2].[O-2].[O-2].[O-2].[O-2].[O-2].[O-2].[O-2].[O-2].c1ccc(-c2ccccn2)nc1.c1ccc(-c2ccccn2)nc1.c1ccc(-c2ccccn2)nc1. The molecule has 369 valence electrons. The van der Waals surface area contributed by atoms with E-state index in [2.05, 4.69) is 29.9 Å². The first kappa shape index (κ1) is 152. The van der Waals surface area contributed by atoms with Gasteiger partial charge in [0.15, 0.2) is 0 Å². The zero-order valence-electron chi connectivity index (χ0n) is 30.1. The predicted molar refractivity (Wildman–Crippen MR) is 155 cm³/mol. The maximum absolute atomic E-state index is 4.19. The van der Waals surface area contributed by atoms with Gasteiger partial charge in [0, 0.05) is 164 Å². The molecule has 0 fully saturated rings. The summed E-state index contributed by atoms with van der Waals surface area (Å²) in [6.45, 7) is 0. The zero-order valence-corrected chi connectivity index (χ0v) is 43.1. The molecule has 0 spiro atoms. The van der Waals surface area contributed by atoms with E-state index in [1.165, 1.54) is 0 Å². The second kappa shape index (κ2) is 94.4. The number of hydrogen-bond acceptors (Lipinski definition) is 6. The Morgan fingerprint density at radius 2 is 0.274 bits per heavy atom. The van der Waals surface area contributed by atoms with Crippen molar-refractivity contribution >= 4 is 0 Å². The minimum Gasteiger partial charge on any atom is -2.00 e. The van der Waals surface area contributed by atoms with Crippen LogP contribution in [0.5, 0.6) is 0 Å². The van der Waals surface area contributed by atoms with Crippen molar-refractivity contribution in [2.75, 3.05) is 0 Å². The van der Waals surface area contributed by atoms with Crippen LogP contribution in [0.3, 0.4) is 0 Å². The molecule has 0 atom stereocenters. The summed E-state index contributed by atoms with van der Waals surface area (Å²) in [4.78, 5) is 25.1. The normalized spacial score (nSPS) is 5.61. The molecule has 6 rings (SSSR count). The van der Waals surface area contributed by atoms with E-state index in [1.807, 2.05) is 109 Å².